The SMILES string of the molecule is CN1CCN(C(=O)c2cncnc2)CC(Cc2cccc3cccnc23)C1. The van der Waals surface area contributed by atoms with Gasteiger partial charge in [0.25, 0.3) is 5.91 Å². The molecule has 1 atom stereocenters. The van der Waals surface area contributed by atoms with Crippen molar-refractivity contribution in [2.45, 2.75) is 6.42 Å². The molecule has 0 aliphatic carbocycles. The standard InChI is InChI=1S/C21H23N5O/c1-25-8-9-26(21(27)19-11-22-15-23-12-19)14-16(13-25)10-18-5-2-4-17-6-3-7-24-20(17)18/h2-7,11-12,15-16H,8-10,13-14H2,1H3. The highest BCUT2D eigenvalue weighted by molar-refractivity contribution is 5.93. The van der Waals surface area contributed by atoms with Crippen molar-refractivity contribution in [3.63, 3.8) is 0 Å². The molecular formula is C21H23N5O. The first kappa shape index (κ1) is 17.5. The zero-order valence-corrected chi connectivity index (χ0v) is 15.5. The molecule has 6 heteroatoms. The number of rotatable bonds is 3. The molecule has 0 bridgehead atoms. The van der Waals surface area contributed by atoms with Crippen LogP contribution in [-0.2, 0) is 6.42 Å². The average molecular weight is 361 g/mol. The number of hydrogen-bond acceptors (Lipinski definition) is 5. The second kappa shape index (κ2) is 7.80. The van der Waals surface area contributed by atoms with Crippen LogP contribution in [0.4, 0.5) is 0 Å². The van der Waals surface area contributed by atoms with E-state index in [2.05, 4.69) is 51.2 Å². The minimum Gasteiger partial charge on any atom is -0.337 e. The lowest BCUT2D eigenvalue weighted by molar-refractivity contribution is 0.0745. The zero-order valence-electron chi connectivity index (χ0n) is 15.5. The van der Waals surface area contributed by atoms with Gasteiger partial charge in [0, 0.05) is 50.2 Å². The molecule has 1 saturated heterocycles. The van der Waals surface area contributed by atoms with Gasteiger partial charge in [0.1, 0.15) is 6.33 Å². The Labute approximate surface area is 158 Å². The summed E-state index contributed by atoms with van der Waals surface area (Å²) < 4.78 is 0. The lowest BCUT2D eigenvalue weighted by Crippen LogP contribution is -2.36. The third kappa shape index (κ3) is 3.95. The van der Waals surface area contributed by atoms with E-state index in [0.29, 0.717) is 18.0 Å². The third-order valence-electron chi connectivity index (χ3n) is 5.12. The van der Waals surface area contributed by atoms with E-state index in [1.807, 2.05) is 17.2 Å². The minimum atomic E-state index is 0.00643. The monoisotopic (exact) mass is 361 g/mol. The molecule has 0 radical (unpaired) electrons. The Morgan fingerprint density at radius 2 is 1.93 bits per heavy atom. The van der Waals surface area contributed by atoms with Gasteiger partial charge in [0.05, 0.1) is 11.1 Å². The van der Waals surface area contributed by atoms with E-state index in [4.69, 9.17) is 0 Å². The van der Waals surface area contributed by atoms with Crippen LogP contribution in [0.1, 0.15) is 15.9 Å². The summed E-state index contributed by atoms with van der Waals surface area (Å²) in [6.07, 6.45) is 7.37. The van der Waals surface area contributed by atoms with Crippen LogP contribution in [0.2, 0.25) is 0 Å². The molecule has 3 heterocycles. The molecular weight excluding hydrogens is 338 g/mol. The van der Waals surface area contributed by atoms with E-state index >= 15 is 0 Å². The average Bonchev–Trinajstić information content (AvgIpc) is 2.89. The number of nitrogens with zero attached hydrogens (tertiary/aromatic N) is 5. The van der Waals surface area contributed by atoms with E-state index in [9.17, 15) is 4.79 Å². The number of carbonyl (C=O) groups is 1. The second-order valence-corrected chi connectivity index (χ2v) is 7.20. The van der Waals surface area contributed by atoms with Crippen LogP contribution < -0.4 is 0 Å². The number of benzene rings is 1. The van der Waals surface area contributed by atoms with E-state index in [0.717, 1.165) is 37.0 Å². The van der Waals surface area contributed by atoms with Gasteiger partial charge in [-0.25, -0.2) is 9.97 Å². The summed E-state index contributed by atoms with van der Waals surface area (Å²) in [5, 5.41) is 1.16. The summed E-state index contributed by atoms with van der Waals surface area (Å²) in [6.45, 7) is 3.26. The first-order chi connectivity index (χ1) is 13.2. The Balaban J connectivity index is 1.57. The highest BCUT2D eigenvalue weighted by Gasteiger charge is 2.26. The van der Waals surface area contributed by atoms with Crippen molar-refractivity contribution in [2.75, 3.05) is 33.2 Å². The molecule has 1 fully saturated rings. The summed E-state index contributed by atoms with van der Waals surface area (Å²) in [7, 11) is 2.12. The zero-order chi connectivity index (χ0) is 18.6. The van der Waals surface area contributed by atoms with E-state index < -0.39 is 0 Å². The Bertz CT molecular complexity index is 925. The molecule has 1 aliphatic heterocycles. The summed E-state index contributed by atoms with van der Waals surface area (Å²) in [6, 6.07) is 10.4. The van der Waals surface area contributed by atoms with Crippen molar-refractivity contribution in [1.29, 1.82) is 0 Å². The number of fused-ring (bicyclic) bond motifs is 1. The third-order valence-corrected chi connectivity index (χ3v) is 5.12. The quantitative estimate of drug-likeness (QED) is 0.716. The van der Waals surface area contributed by atoms with Gasteiger partial charge in [-0.1, -0.05) is 24.3 Å². The van der Waals surface area contributed by atoms with Crippen molar-refractivity contribution in [3.05, 3.63) is 66.4 Å². The molecule has 2 aromatic heterocycles. The number of likely N-dealkylation sites (N-methyl/N-ethyl adjacent to an activating group) is 1. The molecule has 27 heavy (non-hydrogen) atoms. The van der Waals surface area contributed by atoms with Gasteiger partial charge in [0.15, 0.2) is 0 Å². The second-order valence-electron chi connectivity index (χ2n) is 7.20. The molecule has 1 unspecified atom stereocenters. The van der Waals surface area contributed by atoms with Gasteiger partial charge >= 0.3 is 0 Å². The van der Waals surface area contributed by atoms with Gasteiger partial charge in [-0.2, -0.15) is 0 Å². The lowest BCUT2D eigenvalue weighted by atomic mass is 9.96. The highest BCUT2D eigenvalue weighted by Crippen LogP contribution is 2.22. The molecule has 1 amide bonds. The number of pyridine rings is 1. The molecule has 4 rings (SSSR count). The normalized spacial score (nSPS) is 18.4. The molecule has 3 aromatic rings. The fraction of sp³-hybridized carbons (Fsp3) is 0.333. The molecule has 0 spiro atoms. The van der Waals surface area contributed by atoms with E-state index in [-0.39, 0.29) is 5.91 Å². The summed E-state index contributed by atoms with van der Waals surface area (Å²) in [4.78, 5) is 29.7. The Morgan fingerprint density at radius 1 is 1.11 bits per heavy atom. The van der Waals surface area contributed by atoms with Crippen LogP contribution in [-0.4, -0.2) is 63.9 Å². The molecule has 0 saturated carbocycles. The van der Waals surface area contributed by atoms with E-state index in [1.165, 1.54) is 11.9 Å². The fourth-order valence-electron chi connectivity index (χ4n) is 3.83. The molecule has 138 valence electrons. The predicted molar refractivity (Wildman–Crippen MR) is 104 cm³/mol. The van der Waals surface area contributed by atoms with E-state index in [1.54, 1.807) is 12.4 Å². The number of carbonyl (C=O) groups excluding carboxylic acids is 1. The van der Waals surface area contributed by atoms with Crippen molar-refractivity contribution in [2.24, 2.45) is 5.92 Å². The molecule has 1 aliphatic rings. The van der Waals surface area contributed by atoms with Crippen LogP contribution in [0.5, 0.6) is 0 Å². The van der Waals surface area contributed by atoms with Crippen molar-refractivity contribution in [1.82, 2.24) is 24.8 Å². The van der Waals surface area contributed by atoms with Crippen molar-refractivity contribution < 1.29 is 4.79 Å². The van der Waals surface area contributed by atoms with Crippen LogP contribution in [0.25, 0.3) is 10.9 Å². The number of aromatic nitrogens is 3. The van der Waals surface area contributed by atoms with Gasteiger partial charge < -0.3 is 9.80 Å². The topological polar surface area (TPSA) is 62.2 Å². The number of amides is 1. The van der Waals surface area contributed by atoms with Crippen LogP contribution in [0.15, 0.2) is 55.2 Å². The van der Waals surface area contributed by atoms with Crippen LogP contribution in [0, 0.1) is 5.92 Å². The van der Waals surface area contributed by atoms with Crippen LogP contribution >= 0.6 is 0 Å². The van der Waals surface area contributed by atoms with Gasteiger partial charge in [-0.05, 0) is 31.0 Å². The summed E-state index contributed by atoms with van der Waals surface area (Å²) >= 11 is 0. The van der Waals surface area contributed by atoms with Crippen molar-refractivity contribution in [3.8, 4) is 0 Å². The minimum absolute atomic E-state index is 0.00643. The predicted octanol–water partition coefficient (Wildman–Crippen LogP) is 2.27. The van der Waals surface area contributed by atoms with Gasteiger partial charge in [-0.3, -0.25) is 9.78 Å². The first-order valence-corrected chi connectivity index (χ1v) is 9.26. The molecule has 0 N–H and O–H groups in total. The fourth-order valence-corrected chi connectivity index (χ4v) is 3.83. The maximum absolute atomic E-state index is 12.9. The molecule has 6 nitrogen and oxygen atoms in total. The Hall–Kier alpha value is -2.86. The highest BCUT2D eigenvalue weighted by atomic mass is 16.2. The summed E-state index contributed by atoms with van der Waals surface area (Å²) in [5.41, 5.74) is 2.85. The number of hydrogen-bond donors (Lipinski definition) is 0. The summed E-state index contributed by atoms with van der Waals surface area (Å²) in [5.74, 6) is 0.352. The van der Waals surface area contributed by atoms with Gasteiger partial charge in [-0.15, -0.1) is 0 Å². The first-order valence-electron chi connectivity index (χ1n) is 9.26. The maximum Gasteiger partial charge on any atom is 0.257 e. The molecule has 1 aromatic carbocycles. The largest absolute Gasteiger partial charge is 0.337 e. The Morgan fingerprint density at radius 3 is 2.78 bits per heavy atom. The lowest BCUT2D eigenvalue weighted by Gasteiger charge is -2.24. The maximum atomic E-state index is 12.9. The Kier molecular flexibility index (Phi) is 5.07. The smallest absolute Gasteiger partial charge is 0.257 e. The van der Waals surface area contributed by atoms with Crippen LogP contribution in [0.3, 0.4) is 0 Å². The number of para-hydroxylation sites is 1. The van der Waals surface area contributed by atoms with Crippen molar-refractivity contribution >= 4 is 16.8 Å². The van der Waals surface area contributed by atoms with Gasteiger partial charge in [0.2, 0.25) is 0 Å².